The van der Waals surface area contributed by atoms with Gasteiger partial charge < -0.3 is 0 Å². The summed E-state index contributed by atoms with van der Waals surface area (Å²) in [6, 6.07) is 16.3. The van der Waals surface area contributed by atoms with Crippen LogP contribution in [0.2, 0.25) is 0 Å². The van der Waals surface area contributed by atoms with Crippen molar-refractivity contribution in [2.75, 3.05) is 0 Å². The van der Waals surface area contributed by atoms with E-state index in [4.69, 9.17) is 0 Å². The molecule has 6 heteroatoms. The predicted octanol–water partition coefficient (Wildman–Crippen LogP) is 3.06. The Bertz CT molecular complexity index is 817. The minimum atomic E-state index is -1.41. The van der Waals surface area contributed by atoms with E-state index in [-0.39, 0.29) is 24.0 Å². The van der Waals surface area contributed by atoms with Gasteiger partial charge in [0.1, 0.15) is 5.41 Å². The molecule has 27 heavy (non-hydrogen) atoms. The standard InChI is InChI=1S/C21H20N2O4/c1-3-21(4-2)19(26)22(17(24)15-11-7-5-8-12-15)23(20(21)27)18(25)16-13-9-6-10-14-16/h5-14H,3-4H2,1-2H3. The molecule has 138 valence electrons. The SMILES string of the molecule is CCC1(CC)C(=O)N(C(=O)c2ccccc2)N(C(=O)c2ccccc2)C1=O. The van der Waals surface area contributed by atoms with Gasteiger partial charge in [0.2, 0.25) is 0 Å². The Morgan fingerprint density at radius 3 is 1.33 bits per heavy atom. The highest BCUT2D eigenvalue weighted by atomic mass is 16.2. The highest BCUT2D eigenvalue weighted by Gasteiger charge is 2.60. The number of carbonyl (C=O) groups excluding carboxylic acids is 4. The molecule has 2 aromatic carbocycles. The molecule has 0 radical (unpaired) electrons. The van der Waals surface area contributed by atoms with Crippen molar-refractivity contribution in [2.24, 2.45) is 5.41 Å². The highest BCUT2D eigenvalue weighted by molar-refractivity contribution is 6.24. The van der Waals surface area contributed by atoms with Gasteiger partial charge in [-0.3, -0.25) is 19.2 Å². The van der Waals surface area contributed by atoms with Crippen LogP contribution in [0.3, 0.4) is 0 Å². The van der Waals surface area contributed by atoms with E-state index in [0.717, 1.165) is 0 Å². The van der Waals surface area contributed by atoms with Gasteiger partial charge in [-0.05, 0) is 37.1 Å². The van der Waals surface area contributed by atoms with E-state index < -0.39 is 29.0 Å². The van der Waals surface area contributed by atoms with Gasteiger partial charge in [0, 0.05) is 11.1 Å². The van der Waals surface area contributed by atoms with Crippen LogP contribution in [0.4, 0.5) is 0 Å². The molecule has 0 saturated carbocycles. The third-order valence-corrected chi connectivity index (χ3v) is 5.04. The number of hydrazine groups is 1. The number of rotatable bonds is 4. The molecule has 1 aliphatic rings. The number of hydrogen-bond acceptors (Lipinski definition) is 4. The van der Waals surface area contributed by atoms with Crippen LogP contribution in [0.1, 0.15) is 47.4 Å². The van der Waals surface area contributed by atoms with Gasteiger partial charge in [-0.1, -0.05) is 50.2 Å². The van der Waals surface area contributed by atoms with Crippen molar-refractivity contribution in [1.29, 1.82) is 0 Å². The molecule has 2 aromatic rings. The summed E-state index contributed by atoms with van der Waals surface area (Å²) in [4.78, 5) is 52.4. The molecule has 0 unspecified atom stereocenters. The van der Waals surface area contributed by atoms with Crippen molar-refractivity contribution in [3.63, 3.8) is 0 Å². The molecule has 3 rings (SSSR count). The lowest BCUT2D eigenvalue weighted by Gasteiger charge is -2.24. The summed E-state index contributed by atoms with van der Waals surface area (Å²) < 4.78 is 0. The van der Waals surface area contributed by atoms with E-state index in [1.807, 2.05) is 0 Å². The van der Waals surface area contributed by atoms with Gasteiger partial charge in [-0.15, -0.1) is 0 Å². The zero-order valence-electron chi connectivity index (χ0n) is 15.2. The first-order valence-electron chi connectivity index (χ1n) is 8.85. The van der Waals surface area contributed by atoms with Crippen molar-refractivity contribution >= 4 is 23.6 Å². The molecular formula is C21H20N2O4. The molecule has 6 nitrogen and oxygen atoms in total. The second-order valence-electron chi connectivity index (χ2n) is 6.37. The first-order valence-corrected chi connectivity index (χ1v) is 8.85. The van der Waals surface area contributed by atoms with Crippen molar-refractivity contribution in [3.8, 4) is 0 Å². The Kier molecular flexibility index (Phi) is 4.90. The van der Waals surface area contributed by atoms with Gasteiger partial charge >= 0.3 is 0 Å². The summed E-state index contributed by atoms with van der Waals surface area (Å²) in [5.41, 5.74) is -0.949. The summed E-state index contributed by atoms with van der Waals surface area (Å²) in [7, 11) is 0. The third-order valence-electron chi connectivity index (χ3n) is 5.04. The second-order valence-corrected chi connectivity index (χ2v) is 6.37. The maximum atomic E-state index is 13.2. The molecule has 1 aliphatic heterocycles. The molecule has 0 atom stereocenters. The second kappa shape index (κ2) is 7.15. The number of amides is 4. The number of nitrogens with zero attached hydrogens (tertiary/aromatic N) is 2. The van der Waals surface area contributed by atoms with Crippen LogP contribution in [0.25, 0.3) is 0 Å². The first-order chi connectivity index (χ1) is 13.0. The van der Waals surface area contributed by atoms with Gasteiger partial charge in [0.15, 0.2) is 0 Å². The van der Waals surface area contributed by atoms with Gasteiger partial charge in [-0.2, -0.15) is 10.0 Å². The third kappa shape index (κ3) is 2.83. The molecule has 1 fully saturated rings. The molecule has 0 N–H and O–H groups in total. The summed E-state index contributed by atoms with van der Waals surface area (Å²) in [6.45, 7) is 3.42. The number of benzene rings is 2. The van der Waals surface area contributed by atoms with Crippen LogP contribution in [-0.2, 0) is 9.59 Å². The Morgan fingerprint density at radius 1 is 0.704 bits per heavy atom. The van der Waals surface area contributed by atoms with E-state index in [1.54, 1.807) is 74.5 Å². The fraction of sp³-hybridized carbons (Fsp3) is 0.238. The molecule has 4 amide bonds. The summed E-state index contributed by atoms with van der Waals surface area (Å²) >= 11 is 0. The molecular weight excluding hydrogens is 344 g/mol. The van der Waals surface area contributed by atoms with E-state index in [1.165, 1.54) is 0 Å². The summed E-state index contributed by atoms with van der Waals surface area (Å²) in [5.74, 6) is -2.70. The number of hydrogen-bond donors (Lipinski definition) is 0. The monoisotopic (exact) mass is 364 g/mol. The largest absolute Gasteiger partial charge is 0.280 e. The Balaban J connectivity index is 2.12. The average Bonchev–Trinajstić information content (AvgIpc) is 2.95. The maximum absolute atomic E-state index is 13.2. The zero-order chi connectivity index (χ0) is 19.6. The van der Waals surface area contributed by atoms with Crippen molar-refractivity contribution in [3.05, 3.63) is 71.8 Å². The normalized spacial score (nSPS) is 15.9. The smallest absolute Gasteiger partial charge is 0.271 e. The van der Waals surface area contributed by atoms with Crippen LogP contribution < -0.4 is 0 Å². The lowest BCUT2D eigenvalue weighted by Crippen LogP contribution is -2.48. The number of carbonyl (C=O) groups is 4. The summed E-state index contributed by atoms with van der Waals surface area (Å²) in [5, 5.41) is 1.42. The Labute approximate surface area is 157 Å². The lowest BCUT2D eigenvalue weighted by atomic mass is 9.81. The van der Waals surface area contributed by atoms with E-state index >= 15 is 0 Å². The van der Waals surface area contributed by atoms with E-state index in [2.05, 4.69) is 0 Å². The van der Waals surface area contributed by atoms with Crippen molar-refractivity contribution in [2.45, 2.75) is 26.7 Å². The zero-order valence-corrected chi connectivity index (χ0v) is 15.2. The van der Waals surface area contributed by atoms with Crippen LogP contribution in [0, 0.1) is 5.41 Å². The molecule has 0 spiro atoms. The van der Waals surface area contributed by atoms with Crippen molar-refractivity contribution in [1.82, 2.24) is 10.0 Å². The average molecular weight is 364 g/mol. The van der Waals surface area contributed by atoms with E-state index in [0.29, 0.717) is 10.0 Å². The first kappa shape index (κ1) is 18.5. The number of imide groups is 2. The fourth-order valence-corrected chi connectivity index (χ4v) is 3.31. The molecule has 1 saturated heterocycles. The minimum absolute atomic E-state index is 0.207. The molecule has 1 heterocycles. The molecule has 0 aromatic heterocycles. The Hall–Kier alpha value is -3.28. The minimum Gasteiger partial charge on any atom is -0.271 e. The van der Waals surface area contributed by atoms with Gasteiger partial charge in [-0.25, -0.2) is 0 Å². The topological polar surface area (TPSA) is 74.8 Å². The Morgan fingerprint density at radius 2 is 1.04 bits per heavy atom. The molecule has 0 aliphatic carbocycles. The fourth-order valence-electron chi connectivity index (χ4n) is 3.31. The van der Waals surface area contributed by atoms with Crippen LogP contribution >= 0.6 is 0 Å². The predicted molar refractivity (Wildman–Crippen MR) is 98.3 cm³/mol. The molecule has 0 bridgehead atoms. The summed E-state index contributed by atoms with van der Waals surface area (Å²) in [6.07, 6.45) is 0.413. The highest BCUT2D eigenvalue weighted by Crippen LogP contribution is 2.39. The van der Waals surface area contributed by atoms with Gasteiger partial charge in [0.25, 0.3) is 23.6 Å². The maximum Gasteiger partial charge on any atom is 0.280 e. The van der Waals surface area contributed by atoms with E-state index in [9.17, 15) is 19.2 Å². The van der Waals surface area contributed by atoms with Crippen LogP contribution in [0.5, 0.6) is 0 Å². The quantitative estimate of drug-likeness (QED) is 0.617. The van der Waals surface area contributed by atoms with Crippen molar-refractivity contribution < 1.29 is 19.2 Å². The lowest BCUT2D eigenvalue weighted by molar-refractivity contribution is -0.138. The van der Waals surface area contributed by atoms with Gasteiger partial charge in [0.05, 0.1) is 0 Å². The van der Waals surface area contributed by atoms with Crippen LogP contribution in [-0.4, -0.2) is 33.6 Å². The van der Waals surface area contributed by atoms with Crippen LogP contribution in [0.15, 0.2) is 60.7 Å².